The molecule has 3 aromatic rings. The van der Waals surface area contributed by atoms with Gasteiger partial charge in [-0.15, -0.1) is 5.10 Å². The van der Waals surface area contributed by atoms with E-state index < -0.39 is 0 Å². The van der Waals surface area contributed by atoms with Gasteiger partial charge in [-0.3, -0.25) is 4.79 Å². The molecular weight excluding hydrogens is 374 g/mol. The molecule has 0 saturated carbocycles. The molecule has 0 aliphatic carbocycles. The molecule has 0 unspecified atom stereocenters. The Morgan fingerprint density at radius 1 is 1.18 bits per heavy atom. The maximum atomic E-state index is 12.5. The second kappa shape index (κ2) is 8.88. The van der Waals surface area contributed by atoms with E-state index in [1.54, 1.807) is 11.8 Å². The van der Waals surface area contributed by atoms with Crippen molar-refractivity contribution in [3.8, 4) is 11.4 Å². The molecule has 1 amide bonds. The van der Waals surface area contributed by atoms with Gasteiger partial charge in [-0.2, -0.15) is 4.68 Å². The van der Waals surface area contributed by atoms with Crippen molar-refractivity contribution in [2.45, 2.75) is 37.7 Å². The largest absolute Gasteiger partial charge is 0.497 e. The average molecular weight is 398 g/mol. The van der Waals surface area contributed by atoms with Crippen LogP contribution in [-0.2, 0) is 11.3 Å². The first kappa shape index (κ1) is 19.9. The Hall–Kier alpha value is -2.87. The smallest absolute Gasteiger partial charge is 0.233 e. The van der Waals surface area contributed by atoms with Gasteiger partial charge < -0.3 is 10.1 Å². The van der Waals surface area contributed by atoms with E-state index in [1.807, 2.05) is 56.3 Å². The van der Waals surface area contributed by atoms with Crippen molar-refractivity contribution < 1.29 is 9.53 Å². The number of aromatic nitrogens is 4. The fourth-order valence-electron chi connectivity index (χ4n) is 2.56. The van der Waals surface area contributed by atoms with Gasteiger partial charge in [-0.1, -0.05) is 30.0 Å². The standard InChI is InChI=1S/C20H23N5O2S/c1-13-5-8-17(11-14(13)2)25-20(22-23-24-25)28-15(3)19(26)21-12-16-6-9-18(27-4)10-7-16/h5-11,15H,12H2,1-4H3,(H,21,26)/t15-/m0/s1. The predicted octanol–water partition coefficient (Wildman–Crippen LogP) is 3.08. The lowest BCUT2D eigenvalue weighted by Crippen LogP contribution is -2.30. The number of rotatable bonds is 7. The number of carbonyl (C=O) groups is 1. The molecule has 0 saturated heterocycles. The van der Waals surface area contributed by atoms with E-state index in [0.717, 1.165) is 22.6 Å². The topological polar surface area (TPSA) is 81.9 Å². The van der Waals surface area contributed by atoms with Crippen molar-refractivity contribution in [1.29, 1.82) is 0 Å². The summed E-state index contributed by atoms with van der Waals surface area (Å²) >= 11 is 1.33. The van der Waals surface area contributed by atoms with E-state index in [9.17, 15) is 4.79 Å². The molecule has 0 bridgehead atoms. The Morgan fingerprint density at radius 3 is 2.61 bits per heavy atom. The van der Waals surface area contributed by atoms with Crippen LogP contribution in [-0.4, -0.2) is 38.5 Å². The normalized spacial score (nSPS) is 11.9. The number of benzene rings is 2. The average Bonchev–Trinajstić information content (AvgIpc) is 3.16. The Kier molecular flexibility index (Phi) is 6.30. The van der Waals surface area contributed by atoms with Crippen LogP contribution in [0.4, 0.5) is 0 Å². The molecule has 1 heterocycles. The quantitative estimate of drug-likeness (QED) is 0.617. The van der Waals surface area contributed by atoms with Crippen molar-refractivity contribution in [1.82, 2.24) is 25.5 Å². The number of hydrogen-bond donors (Lipinski definition) is 1. The van der Waals surface area contributed by atoms with Crippen molar-refractivity contribution in [3.05, 3.63) is 59.2 Å². The van der Waals surface area contributed by atoms with E-state index in [2.05, 4.69) is 27.8 Å². The van der Waals surface area contributed by atoms with Gasteiger partial charge in [0.2, 0.25) is 11.1 Å². The van der Waals surface area contributed by atoms with Crippen molar-refractivity contribution in [2.75, 3.05) is 7.11 Å². The fourth-order valence-corrected chi connectivity index (χ4v) is 3.39. The summed E-state index contributed by atoms with van der Waals surface area (Å²) in [5, 5.41) is 15.1. The zero-order valence-corrected chi connectivity index (χ0v) is 17.2. The number of aryl methyl sites for hydroxylation is 2. The predicted molar refractivity (Wildman–Crippen MR) is 109 cm³/mol. The Labute approximate surface area is 168 Å². The summed E-state index contributed by atoms with van der Waals surface area (Å²) < 4.78 is 6.80. The summed E-state index contributed by atoms with van der Waals surface area (Å²) in [6, 6.07) is 13.6. The highest BCUT2D eigenvalue weighted by molar-refractivity contribution is 8.00. The number of hydrogen-bond acceptors (Lipinski definition) is 6. The minimum absolute atomic E-state index is 0.0737. The summed E-state index contributed by atoms with van der Waals surface area (Å²) in [5.41, 5.74) is 4.25. The van der Waals surface area contributed by atoms with E-state index in [4.69, 9.17) is 4.74 Å². The highest BCUT2D eigenvalue weighted by atomic mass is 32.2. The van der Waals surface area contributed by atoms with Gasteiger partial charge in [0.05, 0.1) is 18.0 Å². The molecule has 28 heavy (non-hydrogen) atoms. The molecule has 3 rings (SSSR count). The van der Waals surface area contributed by atoms with E-state index >= 15 is 0 Å². The van der Waals surface area contributed by atoms with E-state index in [-0.39, 0.29) is 11.2 Å². The lowest BCUT2D eigenvalue weighted by molar-refractivity contribution is -0.120. The minimum Gasteiger partial charge on any atom is -0.497 e. The summed E-state index contributed by atoms with van der Waals surface area (Å²) in [7, 11) is 1.63. The molecule has 1 atom stereocenters. The van der Waals surface area contributed by atoms with Crippen LogP contribution < -0.4 is 10.1 Å². The second-order valence-corrected chi connectivity index (χ2v) is 7.78. The molecule has 1 aromatic heterocycles. The van der Waals surface area contributed by atoms with Gasteiger partial charge in [0.15, 0.2) is 0 Å². The third-order valence-electron chi connectivity index (χ3n) is 4.45. The van der Waals surface area contributed by atoms with Crippen molar-refractivity contribution in [3.63, 3.8) is 0 Å². The van der Waals surface area contributed by atoms with Gasteiger partial charge >= 0.3 is 0 Å². The third kappa shape index (κ3) is 4.69. The molecule has 7 nitrogen and oxygen atoms in total. The first-order chi connectivity index (χ1) is 13.5. The van der Waals surface area contributed by atoms with Crippen LogP contribution in [0.25, 0.3) is 5.69 Å². The zero-order valence-electron chi connectivity index (χ0n) is 16.3. The lowest BCUT2D eigenvalue weighted by Gasteiger charge is -2.12. The van der Waals surface area contributed by atoms with Crippen LogP contribution >= 0.6 is 11.8 Å². The molecular formula is C20H23N5O2S. The third-order valence-corrected chi connectivity index (χ3v) is 5.49. The molecule has 0 aliphatic rings. The van der Waals surface area contributed by atoms with Crippen LogP contribution in [0.15, 0.2) is 47.6 Å². The fraction of sp³-hybridized carbons (Fsp3) is 0.300. The molecule has 146 valence electrons. The number of nitrogens with zero attached hydrogens (tertiary/aromatic N) is 4. The summed E-state index contributed by atoms with van der Waals surface area (Å²) in [5.74, 6) is 0.715. The number of ether oxygens (including phenoxy) is 1. The number of nitrogens with one attached hydrogen (secondary N) is 1. The van der Waals surface area contributed by atoms with Gasteiger partial charge in [0.25, 0.3) is 0 Å². The van der Waals surface area contributed by atoms with Crippen LogP contribution in [0.2, 0.25) is 0 Å². The number of amides is 1. The molecule has 0 fully saturated rings. The van der Waals surface area contributed by atoms with Crippen LogP contribution in [0, 0.1) is 13.8 Å². The van der Waals surface area contributed by atoms with Crippen LogP contribution in [0.1, 0.15) is 23.6 Å². The zero-order chi connectivity index (χ0) is 20.1. The first-order valence-electron chi connectivity index (χ1n) is 8.91. The van der Waals surface area contributed by atoms with Crippen LogP contribution in [0.3, 0.4) is 0 Å². The van der Waals surface area contributed by atoms with Gasteiger partial charge in [-0.25, -0.2) is 0 Å². The monoisotopic (exact) mass is 397 g/mol. The second-order valence-electron chi connectivity index (χ2n) is 6.47. The maximum Gasteiger partial charge on any atom is 0.233 e. The Morgan fingerprint density at radius 2 is 1.93 bits per heavy atom. The molecule has 1 N–H and O–H groups in total. The highest BCUT2D eigenvalue weighted by Crippen LogP contribution is 2.24. The molecule has 0 aliphatic heterocycles. The van der Waals surface area contributed by atoms with Gasteiger partial charge in [0, 0.05) is 6.54 Å². The van der Waals surface area contributed by atoms with Crippen LogP contribution in [0.5, 0.6) is 5.75 Å². The summed E-state index contributed by atoms with van der Waals surface area (Å²) in [4.78, 5) is 12.5. The van der Waals surface area contributed by atoms with Gasteiger partial charge in [0.1, 0.15) is 5.75 Å². The van der Waals surface area contributed by atoms with Gasteiger partial charge in [-0.05, 0) is 72.2 Å². The number of thioether (sulfide) groups is 1. The SMILES string of the molecule is COc1ccc(CNC(=O)[C@H](C)Sc2nnnn2-c2ccc(C)c(C)c2)cc1. The maximum absolute atomic E-state index is 12.5. The molecule has 8 heteroatoms. The highest BCUT2D eigenvalue weighted by Gasteiger charge is 2.19. The summed E-state index contributed by atoms with van der Waals surface area (Å²) in [6.45, 7) is 6.40. The Balaban J connectivity index is 1.62. The number of methoxy groups -OCH3 is 1. The van der Waals surface area contributed by atoms with E-state index in [0.29, 0.717) is 11.7 Å². The number of tetrazole rings is 1. The molecule has 0 spiro atoms. The molecule has 2 aromatic carbocycles. The summed E-state index contributed by atoms with van der Waals surface area (Å²) in [6.07, 6.45) is 0. The lowest BCUT2D eigenvalue weighted by atomic mass is 10.1. The Bertz CT molecular complexity index is 955. The molecule has 0 radical (unpaired) electrons. The van der Waals surface area contributed by atoms with Crippen molar-refractivity contribution in [2.24, 2.45) is 0 Å². The minimum atomic E-state index is -0.338. The number of carbonyl (C=O) groups excluding carboxylic acids is 1. The van der Waals surface area contributed by atoms with Crippen molar-refractivity contribution >= 4 is 17.7 Å². The van der Waals surface area contributed by atoms with E-state index in [1.165, 1.54) is 17.3 Å². The first-order valence-corrected chi connectivity index (χ1v) is 9.79.